The van der Waals surface area contributed by atoms with Crippen molar-refractivity contribution in [1.29, 1.82) is 0 Å². The summed E-state index contributed by atoms with van der Waals surface area (Å²) >= 11 is 0. The van der Waals surface area contributed by atoms with Gasteiger partial charge in [0.15, 0.2) is 5.82 Å². The van der Waals surface area contributed by atoms with Gasteiger partial charge in [-0.3, -0.25) is 4.79 Å². The summed E-state index contributed by atoms with van der Waals surface area (Å²) in [6.45, 7) is 3.94. The van der Waals surface area contributed by atoms with Gasteiger partial charge in [0.05, 0.1) is 30.8 Å². The van der Waals surface area contributed by atoms with Gasteiger partial charge in [-0.1, -0.05) is 12.1 Å². The number of hydrogen-bond acceptors (Lipinski definition) is 5. The second-order valence-corrected chi connectivity index (χ2v) is 7.09. The van der Waals surface area contributed by atoms with Crippen molar-refractivity contribution in [3.05, 3.63) is 30.1 Å². The van der Waals surface area contributed by atoms with E-state index < -0.39 is 5.60 Å². The first kappa shape index (κ1) is 16.5. The zero-order valence-electron chi connectivity index (χ0n) is 14.3. The minimum atomic E-state index is -1.04. The lowest BCUT2D eigenvalue weighted by atomic mass is 10.0. The number of hydrogen-bond donors (Lipinski definition) is 2. The van der Waals surface area contributed by atoms with Gasteiger partial charge in [-0.15, -0.1) is 0 Å². The Kier molecular flexibility index (Phi) is 4.45. The van der Waals surface area contributed by atoms with Crippen molar-refractivity contribution in [1.82, 2.24) is 19.8 Å². The van der Waals surface area contributed by atoms with Crippen molar-refractivity contribution in [2.24, 2.45) is 0 Å². The number of amides is 1. The Morgan fingerprint density at radius 2 is 2.08 bits per heavy atom. The molecule has 2 aliphatic heterocycles. The maximum absolute atomic E-state index is 12.9. The number of carbonyl (C=O) groups excluding carboxylic acids is 1. The van der Waals surface area contributed by atoms with Gasteiger partial charge in [0, 0.05) is 13.1 Å². The smallest absolute Gasteiger partial charge is 0.289 e. The van der Waals surface area contributed by atoms with E-state index in [9.17, 15) is 9.90 Å². The summed E-state index contributed by atoms with van der Waals surface area (Å²) in [6.07, 6.45) is 2.33. The van der Waals surface area contributed by atoms with Crippen LogP contribution in [0.25, 0.3) is 11.0 Å². The SMILES string of the molecule is O=C(c1nc2ccccc2[nH]1)N1CCOC[C@](O)(CN2CCCC2)C1. The fourth-order valence-electron chi connectivity index (χ4n) is 3.75. The van der Waals surface area contributed by atoms with Gasteiger partial charge in [0.2, 0.25) is 0 Å². The van der Waals surface area contributed by atoms with Crippen LogP contribution in [0.3, 0.4) is 0 Å². The number of aromatic nitrogens is 2. The molecule has 2 fully saturated rings. The Bertz CT molecular complexity index is 723. The van der Waals surface area contributed by atoms with Crippen molar-refractivity contribution >= 4 is 16.9 Å². The number of nitrogens with zero attached hydrogens (tertiary/aromatic N) is 3. The average molecular weight is 344 g/mol. The molecule has 2 aromatic rings. The normalized spacial score (nSPS) is 25.4. The van der Waals surface area contributed by atoms with E-state index in [1.54, 1.807) is 4.90 Å². The summed E-state index contributed by atoms with van der Waals surface area (Å²) in [4.78, 5) is 24.3. The molecule has 7 nitrogen and oxygen atoms in total. The van der Waals surface area contributed by atoms with Crippen LogP contribution in [0, 0.1) is 0 Å². The predicted octanol–water partition coefficient (Wildman–Crippen LogP) is 0.862. The molecule has 1 amide bonds. The maximum Gasteiger partial charge on any atom is 0.289 e. The Morgan fingerprint density at radius 1 is 1.28 bits per heavy atom. The minimum Gasteiger partial charge on any atom is -0.384 e. The highest BCUT2D eigenvalue weighted by atomic mass is 16.5. The number of H-pyrrole nitrogens is 1. The number of ether oxygens (including phenoxy) is 1. The maximum atomic E-state index is 12.9. The molecule has 3 heterocycles. The Morgan fingerprint density at radius 3 is 2.88 bits per heavy atom. The Balaban J connectivity index is 1.52. The fraction of sp³-hybridized carbons (Fsp3) is 0.556. The highest BCUT2D eigenvalue weighted by Gasteiger charge is 2.37. The molecule has 0 spiro atoms. The van der Waals surface area contributed by atoms with E-state index in [0.717, 1.165) is 24.1 Å². The lowest BCUT2D eigenvalue weighted by molar-refractivity contribution is -0.0525. The second-order valence-electron chi connectivity index (χ2n) is 7.09. The fourth-order valence-corrected chi connectivity index (χ4v) is 3.75. The number of likely N-dealkylation sites (tertiary alicyclic amines) is 1. The summed E-state index contributed by atoms with van der Waals surface area (Å²) in [5.41, 5.74) is 0.566. The van der Waals surface area contributed by atoms with Crippen molar-refractivity contribution in [3.8, 4) is 0 Å². The molecule has 2 saturated heterocycles. The number of β-amino-alcohol motifs (C(OH)–C–C–N with tert-alkyl or cyclic N) is 1. The van der Waals surface area contributed by atoms with Gasteiger partial charge >= 0.3 is 0 Å². The molecular weight excluding hydrogens is 320 g/mol. The molecular formula is C18H24N4O3. The molecule has 25 heavy (non-hydrogen) atoms. The van der Waals surface area contributed by atoms with Gasteiger partial charge < -0.3 is 24.6 Å². The number of carbonyl (C=O) groups is 1. The van der Waals surface area contributed by atoms with Crippen LogP contribution in [0.15, 0.2) is 24.3 Å². The van der Waals surface area contributed by atoms with E-state index in [-0.39, 0.29) is 19.1 Å². The Hall–Kier alpha value is -1.96. The quantitative estimate of drug-likeness (QED) is 0.863. The third-order valence-corrected chi connectivity index (χ3v) is 4.96. The van der Waals surface area contributed by atoms with Gasteiger partial charge in [-0.05, 0) is 38.1 Å². The number of fused-ring (bicyclic) bond motifs is 1. The molecule has 0 bridgehead atoms. The van der Waals surface area contributed by atoms with E-state index in [1.807, 2.05) is 24.3 Å². The van der Waals surface area contributed by atoms with Gasteiger partial charge in [0.25, 0.3) is 5.91 Å². The zero-order valence-corrected chi connectivity index (χ0v) is 14.3. The number of nitrogens with one attached hydrogen (secondary N) is 1. The van der Waals surface area contributed by atoms with Crippen molar-refractivity contribution in [2.75, 3.05) is 45.9 Å². The van der Waals surface area contributed by atoms with Crippen LogP contribution in [0.5, 0.6) is 0 Å². The van der Waals surface area contributed by atoms with Crippen molar-refractivity contribution in [2.45, 2.75) is 18.4 Å². The van der Waals surface area contributed by atoms with Crippen LogP contribution in [0.1, 0.15) is 23.5 Å². The van der Waals surface area contributed by atoms with Gasteiger partial charge in [-0.2, -0.15) is 0 Å². The van der Waals surface area contributed by atoms with E-state index >= 15 is 0 Å². The third kappa shape index (κ3) is 3.53. The lowest BCUT2D eigenvalue weighted by Crippen LogP contribution is -2.53. The first-order chi connectivity index (χ1) is 12.1. The van der Waals surface area contributed by atoms with Gasteiger partial charge in [0.1, 0.15) is 5.60 Å². The van der Waals surface area contributed by atoms with E-state index in [1.165, 1.54) is 12.8 Å². The molecule has 1 aromatic heterocycles. The van der Waals surface area contributed by atoms with Crippen LogP contribution in [0.4, 0.5) is 0 Å². The number of aromatic amines is 1. The van der Waals surface area contributed by atoms with Crippen LogP contribution in [0.2, 0.25) is 0 Å². The second kappa shape index (κ2) is 6.74. The molecule has 4 rings (SSSR count). The molecule has 1 atom stereocenters. The van der Waals surface area contributed by atoms with Crippen LogP contribution in [-0.4, -0.2) is 82.3 Å². The summed E-state index contributed by atoms with van der Waals surface area (Å²) in [7, 11) is 0. The van der Waals surface area contributed by atoms with Crippen LogP contribution >= 0.6 is 0 Å². The minimum absolute atomic E-state index is 0.193. The van der Waals surface area contributed by atoms with E-state index in [2.05, 4.69) is 14.9 Å². The highest BCUT2D eigenvalue weighted by Crippen LogP contribution is 2.19. The number of para-hydroxylation sites is 2. The number of imidazole rings is 1. The summed E-state index contributed by atoms with van der Waals surface area (Å²) in [5.74, 6) is 0.119. The van der Waals surface area contributed by atoms with Crippen molar-refractivity contribution < 1.29 is 14.6 Å². The van der Waals surface area contributed by atoms with Crippen LogP contribution in [-0.2, 0) is 4.74 Å². The molecule has 1 aromatic carbocycles. The molecule has 2 aliphatic rings. The standard InChI is InChI=1S/C18H24N4O3/c23-17(16-19-14-5-1-2-6-15(14)20-16)22-9-10-25-13-18(24,12-22)11-21-7-3-4-8-21/h1-2,5-6,24H,3-4,7-13H2,(H,19,20)/t18-/m0/s1. The summed E-state index contributed by atoms with van der Waals surface area (Å²) in [6, 6.07) is 7.57. The monoisotopic (exact) mass is 344 g/mol. The van der Waals surface area contributed by atoms with E-state index in [4.69, 9.17) is 4.74 Å². The largest absolute Gasteiger partial charge is 0.384 e. The predicted molar refractivity (Wildman–Crippen MR) is 93.4 cm³/mol. The molecule has 2 N–H and O–H groups in total. The molecule has 0 radical (unpaired) electrons. The van der Waals surface area contributed by atoms with Crippen molar-refractivity contribution in [3.63, 3.8) is 0 Å². The first-order valence-electron chi connectivity index (χ1n) is 8.90. The average Bonchev–Trinajstić information content (AvgIpc) is 3.21. The summed E-state index contributed by atoms with van der Waals surface area (Å²) in [5, 5.41) is 11.0. The lowest BCUT2D eigenvalue weighted by Gasteiger charge is -2.33. The first-order valence-corrected chi connectivity index (χ1v) is 8.90. The third-order valence-electron chi connectivity index (χ3n) is 4.96. The molecule has 0 saturated carbocycles. The Labute approximate surface area is 146 Å². The zero-order chi connectivity index (χ0) is 17.3. The molecule has 0 aliphatic carbocycles. The van der Waals surface area contributed by atoms with E-state index in [0.29, 0.717) is 25.5 Å². The topological polar surface area (TPSA) is 81.7 Å². The summed E-state index contributed by atoms with van der Waals surface area (Å²) < 4.78 is 5.59. The van der Waals surface area contributed by atoms with Crippen LogP contribution < -0.4 is 0 Å². The molecule has 0 unspecified atom stereocenters. The number of benzene rings is 1. The molecule has 7 heteroatoms. The molecule has 134 valence electrons. The van der Waals surface area contributed by atoms with Gasteiger partial charge in [-0.25, -0.2) is 4.98 Å². The number of rotatable bonds is 3. The number of aliphatic hydroxyl groups is 1. The highest BCUT2D eigenvalue weighted by molar-refractivity contribution is 5.94.